The smallest absolute Gasteiger partial charge is 0.185 e. The summed E-state index contributed by atoms with van der Waals surface area (Å²) in [6, 6.07) is 7.80. The molecule has 0 unspecified atom stereocenters. The van der Waals surface area contributed by atoms with Crippen LogP contribution in [-0.4, -0.2) is 29.2 Å². The number of nitrogens with one attached hydrogen (secondary N) is 1. The van der Waals surface area contributed by atoms with Gasteiger partial charge in [-0.25, -0.2) is 4.98 Å². The highest BCUT2D eigenvalue weighted by atomic mass is 32.1. The fourth-order valence-corrected chi connectivity index (χ4v) is 3.39. The number of benzene rings is 1. The van der Waals surface area contributed by atoms with Gasteiger partial charge in [-0.15, -0.1) is 11.3 Å². The van der Waals surface area contributed by atoms with Gasteiger partial charge < -0.3 is 15.3 Å². The summed E-state index contributed by atoms with van der Waals surface area (Å²) in [5, 5.41) is 16.2. The molecule has 0 saturated carbocycles. The monoisotopic (exact) mass is 289 g/mol. The Balaban J connectivity index is 1.56. The van der Waals surface area contributed by atoms with Gasteiger partial charge in [0.15, 0.2) is 5.13 Å². The highest BCUT2D eigenvalue weighted by Crippen LogP contribution is 2.25. The standard InChI is InChI=1S/C15H19N3OS/c1-11-10-20-15(16-11)18-7-5-12(6-8-18)17-13-3-2-4-14(19)9-13/h2-4,9-10,12,17,19H,5-8H2,1H3. The molecule has 2 aromatic rings. The summed E-state index contributed by atoms with van der Waals surface area (Å²) in [5.74, 6) is 0.311. The number of thiazole rings is 1. The lowest BCUT2D eigenvalue weighted by atomic mass is 10.1. The molecule has 2 heterocycles. The van der Waals surface area contributed by atoms with Crippen LogP contribution < -0.4 is 10.2 Å². The van der Waals surface area contributed by atoms with Crippen molar-refractivity contribution in [1.29, 1.82) is 0 Å². The molecule has 0 amide bonds. The predicted octanol–water partition coefficient (Wildman–Crippen LogP) is 3.24. The van der Waals surface area contributed by atoms with Gasteiger partial charge in [-0.1, -0.05) is 6.07 Å². The van der Waals surface area contributed by atoms with E-state index in [9.17, 15) is 5.11 Å². The Hall–Kier alpha value is -1.75. The number of anilines is 2. The molecule has 1 fully saturated rings. The molecule has 0 spiro atoms. The number of phenolic OH excluding ortho intramolecular Hbond substituents is 1. The average Bonchev–Trinajstić information content (AvgIpc) is 2.86. The first kappa shape index (κ1) is 13.2. The second kappa shape index (κ2) is 5.71. The molecule has 0 radical (unpaired) electrons. The fourth-order valence-electron chi connectivity index (χ4n) is 2.53. The van der Waals surface area contributed by atoms with Crippen LogP contribution in [0.1, 0.15) is 18.5 Å². The van der Waals surface area contributed by atoms with E-state index in [-0.39, 0.29) is 0 Å². The predicted molar refractivity (Wildman–Crippen MR) is 83.8 cm³/mol. The second-order valence-corrected chi connectivity index (χ2v) is 6.06. The Morgan fingerprint density at radius 3 is 2.80 bits per heavy atom. The number of rotatable bonds is 3. The number of aromatic hydroxyl groups is 1. The highest BCUT2D eigenvalue weighted by Gasteiger charge is 2.20. The van der Waals surface area contributed by atoms with E-state index in [2.05, 4.69) is 20.6 Å². The van der Waals surface area contributed by atoms with Crippen molar-refractivity contribution in [3.63, 3.8) is 0 Å². The fraction of sp³-hybridized carbons (Fsp3) is 0.400. The zero-order valence-corrected chi connectivity index (χ0v) is 12.4. The summed E-state index contributed by atoms with van der Waals surface area (Å²) >= 11 is 1.72. The lowest BCUT2D eigenvalue weighted by molar-refractivity contribution is 0.475. The van der Waals surface area contributed by atoms with Crippen LogP contribution in [0, 0.1) is 6.92 Å². The van der Waals surface area contributed by atoms with Gasteiger partial charge in [-0.3, -0.25) is 0 Å². The molecule has 1 saturated heterocycles. The van der Waals surface area contributed by atoms with E-state index < -0.39 is 0 Å². The van der Waals surface area contributed by atoms with E-state index in [0.29, 0.717) is 11.8 Å². The normalized spacial score (nSPS) is 16.4. The molecule has 2 N–H and O–H groups in total. The van der Waals surface area contributed by atoms with E-state index in [4.69, 9.17) is 0 Å². The molecule has 0 aliphatic carbocycles. The van der Waals surface area contributed by atoms with Gasteiger partial charge in [0.1, 0.15) is 5.75 Å². The van der Waals surface area contributed by atoms with Crippen LogP contribution in [0.25, 0.3) is 0 Å². The SMILES string of the molecule is Cc1csc(N2CCC(Nc3cccc(O)c3)CC2)n1. The number of piperidine rings is 1. The van der Waals surface area contributed by atoms with E-state index in [1.165, 1.54) is 0 Å². The van der Waals surface area contributed by atoms with Gasteiger partial charge in [-0.2, -0.15) is 0 Å². The van der Waals surface area contributed by atoms with E-state index in [1.54, 1.807) is 23.5 Å². The minimum Gasteiger partial charge on any atom is -0.508 e. The third-order valence-corrected chi connectivity index (χ3v) is 4.61. The summed E-state index contributed by atoms with van der Waals surface area (Å²) in [6.07, 6.45) is 2.18. The summed E-state index contributed by atoms with van der Waals surface area (Å²) in [5.41, 5.74) is 2.10. The number of nitrogens with zero attached hydrogens (tertiary/aromatic N) is 2. The number of aryl methyl sites for hydroxylation is 1. The molecule has 20 heavy (non-hydrogen) atoms. The zero-order valence-electron chi connectivity index (χ0n) is 11.5. The molecule has 5 heteroatoms. The molecular formula is C15H19N3OS. The van der Waals surface area contributed by atoms with Crippen molar-refractivity contribution >= 4 is 22.2 Å². The number of hydrogen-bond donors (Lipinski definition) is 2. The van der Waals surface area contributed by atoms with Gasteiger partial charge in [0, 0.05) is 36.3 Å². The summed E-state index contributed by atoms with van der Waals surface area (Å²) in [4.78, 5) is 6.91. The molecule has 0 atom stereocenters. The largest absolute Gasteiger partial charge is 0.508 e. The van der Waals surface area contributed by atoms with Crippen LogP contribution in [0.4, 0.5) is 10.8 Å². The first-order valence-corrected chi connectivity index (χ1v) is 7.81. The van der Waals surface area contributed by atoms with Crippen LogP contribution in [0.2, 0.25) is 0 Å². The lowest BCUT2D eigenvalue weighted by Crippen LogP contribution is -2.39. The maximum absolute atomic E-state index is 9.48. The molecule has 4 nitrogen and oxygen atoms in total. The maximum Gasteiger partial charge on any atom is 0.185 e. The highest BCUT2D eigenvalue weighted by molar-refractivity contribution is 7.13. The van der Waals surface area contributed by atoms with Crippen LogP contribution in [-0.2, 0) is 0 Å². The first-order valence-electron chi connectivity index (χ1n) is 6.93. The third-order valence-electron chi connectivity index (χ3n) is 3.59. The lowest BCUT2D eigenvalue weighted by Gasteiger charge is -2.32. The minimum absolute atomic E-state index is 0.311. The summed E-state index contributed by atoms with van der Waals surface area (Å²) in [7, 11) is 0. The van der Waals surface area contributed by atoms with Gasteiger partial charge in [0.2, 0.25) is 0 Å². The van der Waals surface area contributed by atoms with Gasteiger partial charge in [0.05, 0.1) is 5.69 Å². The van der Waals surface area contributed by atoms with Crippen molar-refractivity contribution in [2.24, 2.45) is 0 Å². The van der Waals surface area contributed by atoms with Crippen molar-refractivity contribution in [1.82, 2.24) is 4.98 Å². The summed E-state index contributed by atoms with van der Waals surface area (Å²) < 4.78 is 0. The molecule has 1 aromatic heterocycles. The Morgan fingerprint density at radius 1 is 1.35 bits per heavy atom. The van der Waals surface area contributed by atoms with Gasteiger partial charge in [0.25, 0.3) is 0 Å². The van der Waals surface area contributed by atoms with E-state index in [0.717, 1.165) is 42.4 Å². The van der Waals surface area contributed by atoms with Crippen molar-refractivity contribution in [3.8, 4) is 5.75 Å². The Labute approximate surface area is 123 Å². The molecule has 3 rings (SSSR count). The third kappa shape index (κ3) is 3.04. The first-order chi connectivity index (χ1) is 9.70. The molecule has 1 aliphatic heterocycles. The molecule has 1 aliphatic rings. The topological polar surface area (TPSA) is 48.4 Å². The Kier molecular flexibility index (Phi) is 3.78. The quantitative estimate of drug-likeness (QED) is 0.910. The summed E-state index contributed by atoms with van der Waals surface area (Å²) in [6.45, 7) is 4.10. The molecule has 1 aromatic carbocycles. The van der Waals surface area contributed by atoms with Gasteiger partial charge >= 0.3 is 0 Å². The van der Waals surface area contributed by atoms with E-state index in [1.807, 2.05) is 19.1 Å². The van der Waals surface area contributed by atoms with Crippen molar-refractivity contribution in [2.45, 2.75) is 25.8 Å². The van der Waals surface area contributed by atoms with Crippen LogP contribution >= 0.6 is 11.3 Å². The maximum atomic E-state index is 9.48. The van der Waals surface area contributed by atoms with Crippen molar-refractivity contribution in [2.75, 3.05) is 23.3 Å². The van der Waals surface area contributed by atoms with Crippen LogP contribution in [0.3, 0.4) is 0 Å². The average molecular weight is 289 g/mol. The Bertz CT molecular complexity index is 576. The van der Waals surface area contributed by atoms with Crippen molar-refractivity contribution in [3.05, 3.63) is 35.3 Å². The Morgan fingerprint density at radius 2 is 2.15 bits per heavy atom. The minimum atomic E-state index is 0.311. The number of hydrogen-bond acceptors (Lipinski definition) is 5. The van der Waals surface area contributed by atoms with Crippen molar-refractivity contribution < 1.29 is 5.11 Å². The van der Waals surface area contributed by atoms with Gasteiger partial charge in [-0.05, 0) is 31.9 Å². The number of phenols is 1. The van der Waals surface area contributed by atoms with Crippen LogP contribution in [0.5, 0.6) is 5.75 Å². The van der Waals surface area contributed by atoms with Crippen LogP contribution in [0.15, 0.2) is 29.6 Å². The molecule has 0 bridgehead atoms. The molecule has 106 valence electrons. The second-order valence-electron chi connectivity index (χ2n) is 5.23. The van der Waals surface area contributed by atoms with E-state index >= 15 is 0 Å². The zero-order chi connectivity index (χ0) is 13.9. The number of aromatic nitrogens is 1. The molecular weight excluding hydrogens is 270 g/mol.